The van der Waals surface area contributed by atoms with Gasteiger partial charge in [-0.2, -0.15) is 0 Å². The molecule has 1 atom stereocenters. The van der Waals surface area contributed by atoms with Gasteiger partial charge in [-0.25, -0.2) is 0 Å². The lowest BCUT2D eigenvalue weighted by molar-refractivity contribution is -0.873. The predicted molar refractivity (Wildman–Crippen MR) is 87.5 cm³/mol. The van der Waals surface area contributed by atoms with Crippen LogP contribution in [-0.4, -0.2) is 55.3 Å². The zero-order valence-corrected chi connectivity index (χ0v) is 14.2. The lowest BCUT2D eigenvalue weighted by Gasteiger charge is -2.28. The molecule has 0 spiro atoms. The first-order valence-electron chi connectivity index (χ1n) is 7.72. The van der Waals surface area contributed by atoms with Gasteiger partial charge in [0.2, 0.25) is 0 Å². The molecule has 126 valence electrons. The quantitative estimate of drug-likeness (QED) is 0.276. The highest BCUT2D eigenvalue weighted by molar-refractivity contribution is 5.72. The van der Waals surface area contributed by atoms with E-state index in [1.807, 2.05) is 40.2 Å². The number of allylic oxidation sites excluding steroid dienone is 3. The Morgan fingerprint density at radius 2 is 1.77 bits per heavy atom. The first-order valence-corrected chi connectivity index (χ1v) is 7.72. The van der Waals surface area contributed by atoms with Gasteiger partial charge in [0.25, 0.3) is 0 Å². The molecule has 0 aliphatic carbocycles. The van der Waals surface area contributed by atoms with Crippen LogP contribution in [0.1, 0.15) is 39.0 Å². The molecule has 0 saturated carbocycles. The van der Waals surface area contributed by atoms with Gasteiger partial charge >= 0.3 is 11.9 Å². The molecule has 1 unspecified atom stereocenters. The number of hydrogen-bond donors (Lipinski definition) is 1. The van der Waals surface area contributed by atoms with Crippen LogP contribution in [0.3, 0.4) is 0 Å². The third-order valence-corrected chi connectivity index (χ3v) is 2.88. The summed E-state index contributed by atoms with van der Waals surface area (Å²) in [6.07, 6.45) is 10.4. The van der Waals surface area contributed by atoms with Crippen molar-refractivity contribution in [3.05, 3.63) is 24.3 Å². The Bertz CT molecular complexity index is 394. The first kappa shape index (κ1) is 20.4. The highest BCUT2D eigenvalue weighted by Gasteiger charge is 2.24. The molecule has 22 heavy (non-hydrogen) atoms. The number of ether oxygens (including phenoxy) is 1. The molecule has 1 N–H and O–H groups in total. The smallest absolute Gasteiger partial charge is 0.310 e. The molecule has 0 rings (SSSR count). The minimum atomic E-state index is -0.953. The van der Waals surface area contributed by atoms with Crippen molar-refractivity contribution in [2.24, 2.45) is 0 Å². The van der Waals surface area contributed by atoms with Crippen LogP contribution in [0.15, 0.2) is 24.3 Å². The molecule has 0 aromatic rings. The fourth-order valence-corrected chi connectivity index (χ4v) is 2.00. The Hall–Kier alpha value is -1.62. The molecule has 0 saturated heterocycles. The number of carboxylic acids is 1. The normalized spacial score (nSPS) is 13.6. The number of hydrogen-bond acceptors (Lipinski definition) is 3. The molecule has 5 heteroatoms. The van der Waals surface area contributed by atoms with Crippen LogP contribution in [0.4, 0.5) is 0 Å². The molecule has 5 nitrogen and oxygen atoms in total. The fraction of sp³-hybridized carbons (Fsp3) is 0.647. The first-order chi connectivity index (χ1) is 10.2. The number of likely N-dealkylation sites (N-methyl/N-ethyl adjacent to an activating group) is 1. The van der Waals surface area contributed by atoms with E-state index in [0.29, 0.717) is 11.0 Å². The fourth-order valence-electron chi connectivity index (χ4n) is 2.00. The standard InChI is InChI=1S/C17H29NO4/c1-5-6-7-8-9-10-11-12-17(21)22-15(13-16(19)20)14-18(2,3)4/h5-6,10-11,15H,7-9,12-14H2,1-4H3/p+1/b6-5+,11-10+. The second kappa shape index (κ2) is 11.0. The largest absolute Gasteiger partial charge is 0.481 e. The summed E-state index contributed by atoms with van der Waals surface area (Å²) >= 11 is 0. The minimum absolute atomic E-state index is 0.158. The highest BCUT2D eigenvalue weighted by Crippen LogP contribution is 2.07. The number of carboxylic acid groups (broad SMARTS) is 1. The van der Waals surface area contributed by atoms with E-state index in [0.717, 1.165) is 19.3 Å². The minimum Gasteiger partial charge on any atom is -0.481 e. The number of quaternary nitrogens is 1. The number of aliphatic carboxylic acids is 1. The Kier molecular flexibility index (Phi) is 10.2. The number of nitrogens with zero attached hydrogens (tertiary/aromatic N) is 1. The molecule has 0 radical (unpaired) electrons. The number of rotatable bonds is 11. The Morgan fingerprint density at radius 1 is 1.14 bits per heavy atom. The molecular formula is C17H30NO4+. The zero-order valence-electron chi connectivity index (χ0n) is 14.2. The zero-order chi connectivity index (χ0) is 17.0. The van der Waals surface area contributed by atoms with Gasteiger partial charge in [0, 0.05) is 0 Å². The van der Waals surface area contributed by atoms with E-state index in [1.165, 1.54) is 0 Å². The third kappa shape index (κ3) is 13.4. The number of carbonyl (C=O) groups is 2. The van der Waals surface area contributed by atoms with Gasteiger partial charge in [-0.1, -0.05) is 24.3 Å². The molecule has 0 bridgehead atoms. The van der Waals surface area contributed by atoms with E-state index in [2.05, 4.69) is 6.08 Å². The van der Waals surface area contributed by atoms with Gasteiger partial charge in [-0.15, -0.1) is 0 Å². The molecule has 0 amide bonds. The Balaban J connectivity index is 4.16. The summed E-state index contributed by atoms with van der Waals surface area (Å²) in [5.41, 5.74) is 0. The van der Waals surface area contributed by atoms with E-state index in [4.69, 9.17) is 9.84 Å². The van der Waals surface area contributed by atoms with Crippen molar-refractivity contribution >= 4 is 11.9 Å². The van der Waals surface area contributed by atoms with E-state index in [1.54, 1.807) is 6.08 Å². The second-order valence-electron chi connectivity index (χ2n) is 6.36. The van der Waals surface area contributed by atoms with Crippen molar-refractivity contribution in [2.45, 2.75) is 45.1 Å². The molecule has 0 aliphatic heterocycles. The highest BCUT2D eigenvalue weighted by atomic mass is 16.5. The van der Waals surface area contributed by atoms with Gasteiger partial charge in [0.05, 0.1) is 34.0 Å². The molecule has 0 aromatic heterocycles. The van der Waals surface area contributed by atoms with Crippen molar-refractivity contribution in [1.82, 2.24) is 0 Å². The summed E-state index contributed by atoms with van der Waals surface area (Å²) in [7, 11) is 5.81. The SMILES string of the molecule is C/C=C/CCC/C=C/CC(=O)OC(CC(=O)O)C[N+](C)(C)C. The van der Waals surface area contributed by atoms with Crippen LogP contribution in [-0.2, 0) is 14.3 Å². The molecular weight excluding hydrogens is 282 g/mol. The third-order valence-electron chi connectivity index (χ3n) is 2.88. The van der Waals surface area contributed by atoms with Crippen molar-refractivity contribution in [3.63, 3.8) is 0 Å². The summed E-state index contributed by atoms with van der Waals surface area (Å²) in [5, 5.41) is 8.89. The second-order valence-corrected chi connectivity index (χ2v) is 6.36. The lowest BCUT2D eigenvalue weighted by Crippen LogP contribution is -2.43. The summed E-state index contributed by atoms with van der Waals surface area (Å²) in [4.78, 5) is 22.6. The van der Waals surface area contributed by atoms with Gasteiger partial charge in [0.15, 0.2) is 6.10 Å². The molecule has 0 heterocycles. The van der Waals surface area contributed by atoms with Crippen LogP contribution < -0.4 is 0 Å². The van der Waals surface area contributed by atoms with Crippen LogP contribution in [0, 0.1) is 0 Å². The predicted octanol–water partition coefficient (Wildman–Crippen LogP) is 2.77. The maximum absolute atomic E-state index is 11.8. The van der Waals surface area contributed by atoms with E-state index >= 15 is 0 Å². The van der Waals surface area contributed by atoms with Crippen molar-refractivity contribution < 1.29 is 23.9 Å². The topological polar surface area (TPSA) is 63.6 Å². The summed E-state index contributed by atoms with van der Waals surface area (Å²) < 4.78 is 5.83. The van der Waals surface area contributed by atoms with Crippen LogP contribution in [0.5, 0.6) is 0 Å². The van der Waals surface area contributed by atoms with Gasteiger partial charge < -0.3 is 14.3 Å². The average Bonchev–Trinajstić information content (AvgIpc) is 2.34. The summed E-state index contributed by atoms with van der Waals surface area (Å²) in [6, 6.07) is 0. The van der Waals surface area contributed by atoms with Crippen molar-refractivity contribution in [1.29, 1.82) is 0 Å². The number of esters is 1. The summed E-state index contributed by atoms with van der Waals surface area (Å²) in [6.45, 7) is 2.47. The lowest BCUT2D eigenvalue weighted by atomic mass is 10.2. The molecule has 0 aromatic carbocycles. The molecule has 0 fully saturated rings. The molecule has 0 aliphatic rings. The van der Waals surface area contributed by atoms with Crippen molar-refractivity contribution in [2.75, 3.05) is 27.7 Å². The van der Waals surface area contributed by atoms with Gasteiger partial charge in [-0.3, -0.25) is 9.59 Å². The van der Waals surface area contributed by atoms with Crippen LogP contribution in [0.25, 0.3) is 0 Å². The van der Waals surface area contributed by atoms with E-state index < -0.39 is 12.1 Å². The van der Waals surface area contributed by atoms with Gasteiger partial charge in [0.1, 0.15) is 6.54 Å². The number of carbonyl (C=O) groups excluding carboxylic acids is 1. The van der Waals surface area contributed by atoms with Crippen LogP contribution >= 0.6 is 0 Å². The Labute approximate surface area is 133 Å². The number of unbranched alkanes of at least 4 members (excludes halogenated alkanes) is 2. The summed E-state index contributed by atoms with van der Waals surface area (Å²) in [5.74, 6) is -1.32. The maximum Gasteiger partial charge on any atom is 0.310 e. The monoisotopic (exact) mass is 312 g/mol. The average molecular weight is 312 g/mol. The van der Waals surface area contributed by atoms with E-state index in [9.17, 15) is 9.59 Å². The van der Waals surface area contributed by atoms with Crippen molar-refractivity contribution in [3.8, 4) is 0 Å². The maximum atomic E-state index is 11.8. The Morgan fingerprint density at radius 3 is 2.32 bits per heavy atom. The van der Waals surface area contributed by atoms with Gasteiger partial charge in [-0.05, 0) is 26.2 Å². The van der Waals surface area contributed by atoms with E-state index in [-0.39, 0.29) is 18.8 Å². The van der Waals surface area contributed by atoms with Crippen LogP contribution in [0.2, 0.25) is 0 Å².